The van der Waals surface area contributed by atoms with Crippen LogP contribution in [0, 0.1) is 5.92 Å². The fourth-order valence-corrected chi connectivity index (χ4v) is 3.19. The van der Waals surface area contributed by atoms with E-state index in [9.17, 15) is 9.59 Å². The molecule has 1 aromatic heterocycles. The van der Waals surface area contributed by atoms with E-state index in [4.69, 9.17) is 30.6 Å². The van der Waals surface area contributed by atoms with Crippen molar-refractivity contribution in [2.24, 2.45) is 5.92 Å². The maximum absolute atomic E-state index is 12.3. The Hall–Kier alpha value is -2.83. The van der Waals surface area contributed by atoms with Gasteiger partial charge >= 0.3 is 5.97 Å². The lowest BCUT2D eigenvalue weighted by Crippen LogP contribution is -2.11. The third-order valence-corrected chi connectivity index (χ3v) is 4.88. The van der Waals surface area contributed by atoms with Crippen molar-refractivity contribution in [1.29, 1.82) is 0 Å². The van der Waals surface area contributed by atoms with Crippen molar-refractivity contribution in [3.05, 3.63) is 63.8 Å². The Morgan fingerprint density at radius 2 is 1.96 bits per heavy atom. The molecule has 28 heavy (non-hydrogen) atoms. The normalized spacial score (nSPS) is 18.2. The number of rotatable bonds is 7. The van der Waals surface area contributed by atoms with Crippen molar-refractivity contribution in [2.45, 2.75) is 12.5 Å². The molecule has 0 unspecified atom stereocenters. The van der Waals surface area contributed by atoms with Gasteiger partial charge in [0.2, 0.25) is 0 Å². The Morgan fingerprint density at radius 1 is 1.18 bits per heavy atom. The number of fused-ring (bicyclic) bond motifs is 1. The van der Waals surface area contributed by atoms with Crippen LogP contribution in [-0.2, 0) is 9.53 Å². The average Bonchev–Trinajstić information content (AvgIpc) is 3.46. The highest BCUT2D eigenvalue weighted by Crippen LogP contribution is 2.33. The first-order chi connectivity index (χ1) is 13.5. The van der Waals surface area contributed by atoms with E-state index >= 15 is 0 Å². The van der Waals surface area contributed by atoms with Crippen LogP contribution in [-0.4, -0.2) is 30.4 Å². The van der Waals surface area contributed by atoms with Gasteiger partial charge in [0.05, 0.1) is 29.0 Å². The molecular formula is C21H17ClO6. The molecule has 144 valence electrons. The molecule has 2 aromatic carbocycles. The van der Waals surface area contributed by atoms with E-state index in [1.807, 2.05) is 0 Å². The number of carboxylic acids is 1. The summed E-state index contributed by atoms with van der Waals surface area (Å²) in [7, 11) is 0. The molecular weight excluding hydrogens is 384 g/mol. The summed E-state index contributed by atoms with van der Waals surface area (Å²) >= 11 is 6.14. The number of aliphatic carboxylic acids is 1. The quantitative estimate of drug-likeness (QED) is 0.604. The van der Waals surface area contributed by atoms with Gasteiger partial charge < -0.3 is 19.0 Å². The highest BCUT2D eigenvalue weighted by molar-refractivity contribution is 6.34. The minimum atomic E-state index is -0.817. The van der Waals surface area contributed by atoms with Crippen molar-refractivity contribution in [1.82, 2.24) is 0 Å². The van der Waals surface area contributed by atoms with Crippen LogP contribution in [0.1, 0.15) is 6.42 Å². The fourth-order valence-electron chi connectivity index (χ4n) is 2.98. The van der Waals surface area contributed by atoms with Crippen LogP contribution in [0.15, 0.2) is 57.7 Å². The Labute approximate surface area is 165 Å². The van der Waals surface area contributed by atoms with Crippen LogP contribution in [0.4, 0.5) is 0 Å². The molecule has 0 aliphatic heterocycles. The van der Waals surface area contributed by atoms with Crippen LogP contribution in [0.25, 0.3) is 22.3 Å². The van der Waals surface area contributed by atoms with Crippen LogP contribution < -0.4 is 10.2 Å². The molecule has 6 nitrogen and oxygen atoms in total. The van der Waals surface area contributed by atoms with E-state index < -0.39 is 5.97 Å². The molecule has 1 aliphatic carbocycles. The number of hydrogen-bond donors (Lipinski definition) is 1. The summed E-state index contributed by atoms with van der Waals surface area (Å²) in [5.74, 6) is -0.138. The molecule has 3 aromatic rings. The highest BCUT2D eigenvalue weighted by Gasteiger charge is 2.44. The Balaban J connectivity index is 1.39. The lowest BCUT2D eigenvalue weighted by atomic mass is 10.1. The molecule has 7 heteroatoms. The topological polar surface area (TPSA) is 86.0 Å². The summed E-state index contributed by atoms with van der Waals surface area (Å²) in [6.45, 7) is 0.650. The first-order valence-corrected chi connectivity index (χ1v) is 9.21. The van der Waals surface area contributed by atoms with E-state index in [0.717, 1.165) is 5.56 Å². The lowest BCUT2D eigenvalue weighted by Gasteiger charge is -2.08. The van der Waals surface area contributed by atoms with Crippen molar-refractivity contribution >= 4 is 28.5 Å². The van der Waals surface area contributed by atoms with E-state index in [1.165, 1.54) is 6.07 Å². The summed E-state index contributed by atoms with van der Waals surface area (Å²) in [6.07, 6.45) is 0.358. The van der Waals surface area contributed by atoms with Crippen LogP contribution in [0.2, 0.25) is 5.02 Å². The second-order valence-electron chi connectivity index (χ2n) is 6.55. The molecule has 4 rings (SSSR count). The van der Waals surface area contributed by atoms with E-state index in [1.54, 1.807) is 42.5 Å². The van der Waals surface area contributed by atoms with Gasteiger partial charge in [0.1, 0.15) is 18.1 Å². The Kier molecular flexibility index (Phi) is 5.07. The van der Waals surface area contributed by atoms with E-state index in [-0.39, 0.29) is 17.5 Å². The third-order valence-electron chi connectivity index (χ3n) is 4.58. The number of carboxylic acid groups (broad SMARTS) is 1. The molecule has 0 saturated heterocycles. The van der Waals surface area contributed by atoms with Gasteiger partial charge in [0.15, 0.2) is 11.0 Å². The van der Waals surface area contributed by atoms with Crippen LogP contribution >= 0.6 is 11.6 Å². The summed E-state index contributed by atoms with van der Waals surface area (Å²) < 4.78 is 16.9. The van der Waals surface area contributed by atoms with Gasteiger partial charge in [0.25, 0.3) is 0 Å². The Morgan fingerprint density at radius 3 is 2.68 bits per heavy atom. The van der Waals surface area contributed by atoms with Crippen molar-refractivity contribution in [3.8, 4) is 17.1 Å². The summed E-state index contributed by atoms with van der Waals surface area (Å²) in [5, 5.41) is 9.65. The van der Waals surface area contributed by atoms with Gasteiger partial charge in [-0.3, -0.25) is 9.59 Å². The predicted octanol–water partition coefficient (Wildman–Crippen LogP) is 3.98. The smallest absolute Gasteiger partial charge is 0.309 e. The van der Waals surface area contributed by atoms with Crippen molar-refractivity contribution in [2.75, 3.05) is 13.2 Å². The molecule has 0 amide bonds. The molecule has 0 spiro atoms. The molecule has 2 atom stereocenters. The number of carbonyl (C=O) groups is 1. The summed E-state index contributed by atoms with van der Waals surface area (Å²) in [5.41, 5.74) is 0.935. The van der Waals surface area contributed by atoms with Gasteiger partial charge in [0, 0.05) is 11.6 Å². The van der Waals surface area contributed by atoms with Gasteiger partial charge in [-0.1, -0.05) is 17.7 Å². The molecule has 1 heterocycles. The van der Waals surface area contributed by atoms with Gasteiger partial charge in [-0.05, 0) is 42.8 Å². The highest BCUT2D eigenvalue weighted by atomic mass is 35.5. The number of halogens is 1. The molecule has 1 N–H and O–H groups in total. The number of hydrogen-bond acceptors (Lipinski definition) is 5. The van der Waals surface area contributed by atoms with Crippen LogP contribution in [0.5, 0.6) is 5.75 Å². The second-order valence-corrected chi connectivity index (χ2v) is 6.96. The first kappa shape index (κ1) is 18.5. The standard InChI is InChI=1S/C21H17ClO6/c22-16-3-1-2-14-17(23)11-18(28-20(14)16)12-4-6-13(7-5-12)26-8-9-27-19-10-15(19)21(24)25/h1-7,11,15,19H,8-10H2,(H,24,25)/t15-,19+/m0/s1. The van der Waals surface area contributed by atoms with Gasteiger partial charge in [-0.15, -0.1) is 0 Å². The van der Waals surface area contributed by atoms with E-state index in [0.29, 0.717) is 47.1 Å². The van der Waals surface area contributed by atoms with Crippen molar-refractivity contribution in [3.63, 3.8) is 0 Å². The van der Waals surface area contributed by atoms with Gasteiger partial charge in [-0.25, -0.2) is 0 Å². The third kappa shape index (κ3) is 3.88. The zero-order valence-corrected chi connectivity index (χ0v) is 15.5. The van der Waals surface area contributed by atoms with Crippen molar-refractivity contribution < 1.29 is 23.8 Å². The zero-order valence-electron chi connectivity index (χ0n) is 14.8. The molecule has 1 fully saturated rings. The first-order valence-electron chi connectivity index (χ1n) is 8.83. The average molecular weight is 401 g/mol. The number of ether oxygens (including phenoxy) is 2. The maximum Gasteiger partial charge on any atom is 0.309 e. The monoisotopic (exact) mass is 400 g/mol. The maximum atomic E-state index is 12.3. The van der Waals surface area contributed by atoms with Crippen LogP contribution in [0.3, 0.4) is 0 Å². The lowest BCUT2D eigenvalue weighted by molar-refractivity contribution is -0.139. The minimum absolute atomic E-state index is 0.157. The summed E-state index contributed by atoms with van der Waals surface area (Å²) in [6, 6.07) is 13.6. The fraction of sp³-hybridized carbons (Fsp3) is 0.238. The Bertz CT molecular complexity index is 1070. The summed E-state index contributed by atoms with van der Waals surface area (Å²) in [4.78, 5) is 23.0. The molecule has 1 aliphatic rings. The molecule has 0 radical (unpaired) electrons. The molecule has 0 bridgehead atoms. The molecule has 1 saturated carbocycles. The predicted molar refractivity (Wildman–Crippen MR) is 104 cm³/mol. The number of para-hydroxylation sites is 1. The largest absolute Gasteiger partial charge is 0.491 e. The second kappa shape index (κ2) is 7.66. The number of benzene rings is 2. The zero-order chi connectivity index (χ0) is 19.7. The van der Waals surface area contributed by atoms with Gasteiger partial charge in [-0.2, -0.15) is 0 Å². The van der Waals surface area contributed by atoms with E-state index in [2.05, 4.69) is 0 Å². The minimum Gasteiger partial charge on any atom is -0.491 e. The SMILES string of the molecule is O=C(O)[C@H]1C[C@H]1OCCOc1ccc(-c2cc(=O)c3cccc(Cl)c3o2)cc1.